The van der Waals surface area contributed by atoms with Gasteiger partial charge >= 0.3 is 0 Å². The molecule has 2 aliphatic rings. The Morgan fingerprint density at radius 2 is 1.77 bits per heavy atom. The van der Waals surface area contributed by atoms with Gasteiger partial charge in [0.25, 0.3) is 0 Å². The maximum atomic E-state index is 11.4. The van der Waals surface area contributed by atoms with E-state index in [2.05, 4.69) is 15.9 Å². The molecule has 120 valence electrons. The van der Waals surface area contributed by atoms with Gasteiger partial charge in [-0.05, 0) is 31.0 Å². The van der Waals surface area contributed by atoms with E-state index in [1.165, 1.54) is 5.69 Å². The first kappa shape index (κ1) is 15.6. The molecule has 0 aromatic heterocycles. The summed E-state index contributed by atoms with van der Waals surface area (Å²) in [5.41, 5.74) is 1.22. The van der Waals surface area contributed by atoms with E-state index in [0.717, 1.165) is 57.1 Å². The summed E-state index contributed by atoms with van der Waals surface area (Å²) in [7, 11) is 0. The van der Waals surface area contributed by atoms with Gasteiger partial charge in [0.1, 0.15) is 0 Å². The first-order valence-corrected chi connectivity index (χ1v) is 8.51. The van der Waals surface area contributed by atoms with Gasteiger partial charge < -0.3 is 9.80 Å². The molecule has 2 saturated heterocycles. The smallest absolute Gasteiger partial charge is 0.219 e. The van der Waals surface area contributed by atoms with Crippen molar-refractivity contribution in [2.24, 2.45) is 0 Å². The third-order valence-electron chi connectivity index (χ3n) is 4.91. The molecule has 0 aliphatic carbocycles. The largest absolute Gasteiger partial charge is 0.369 e. The number of hydrogen-bond donors (Lipinski definition) is 0. The average Bonchev–Trinajstić information content (AvgIpc) is 2.55. The molecule has 22 heavy (non-hydrogen) atoms. The number of nitrogens with zero attached hydrogens (tertiary/aromatic N) is 3. The molecule has 1 aromatic rings. The summed E-state index contributed by atoms with van der Waals surface area (Å²) in [4.78, 5) is 18.4. The van der Waals surface area contributed by atoms with Crippen LogP contribution in [0.15, 0.2) is 24.3 Å². The third-order valence-corrected chi connectivity index (χ3v) is 5.15. The minimum absolute atomic E-state index is 0.212. The molecule has 0 radical (unpaired) electrons. The lowest BCUT2D eigenvalue weighted by Crippen LogP contribution is -2.53. The van der Waals surface area contributed by atoms with Crippen LogP contribution >= 0.6 is 11.6 Å². The van der Waals surface area contributed by atoms with Crippen LogP contribution in [0.3, 0.4) is 0 Å². The summed E-state index contributed by atoms with van der Waals surface area (Å²) in [5, 5.41) is 0.802. The SMILES string of the molecule is CC(=O)N1CCC(N2CCN(c3cccc(Cl)c3)CC2)CC1. The van der Waals surface area contributed by atoms with Crippen molar-refractivity contribution in [2.75, 3.05) is 44.2 Å². The number of hydrogen-bond acceptors (Lipinski definition) is 3. The molecule has 1 aromatic carbocycles. The minimum atomic E-state index is 0.212. The Kier molecular flexibility index (Phi) is 4.89. The van der Waals surface area contributed by atoms with E-state index in [1.807, 2.05) is 23.1 Å². The Bertz CT molecular complexity index is 520. The predicted octanol–water partition coefficient (Wildman–Crippen LogP) is 2.47. The van der Waals surface area contributed by atoms with Crippen molar-refractivity contribution >= 4 is 23.2 Å². The van der Waals surface area contributed by atoms with Gasteiger partial charge in [0.05, 0.1) is 0 Å². The van der Waals surface area contributed by atoms with Gasteiger partial charge in [-0.2, -0.15) is 0 Å². The summed E-state index contributed by atoms with van der Waals surface area (Å²) in [6, 6.07) is 8.75. The van der Waals surface area contributed by atoms with Gasteiger partial charge in [0, 0.05) is 62.9 Å². The van der Waals surface area contributed by atoms with Crippen LogP contribution in [0.1, 0.15) is 19.8 Å². The molecule has 2 heterocycles. The normalized spacial score (nSPS) is 21.2. The average molecular weight is 322 g/mol. The Morgan fingerprint density at radius 3 is 2.36 bits per heavy atom. The number of anilines is 1. The van der Waals surface area contributed by atoms with Crippen molar-refractivity contribution in [2.45, 2.75) is 25.8 Å². The standard InChI is InChI=1S/C17H24ClN3O/c1-14(22)19-7-5-16(6-8-19)20-9-11-21(12-10-20)17-4-2-3-15(18)13-17/h2-4,13,16H,5-12H2,1H3. The van der Waals surface area contributed by atoms with Crippen molar-refractivity contribution in [3.05, 3.63) is 29.3 Å². The summed E-state index contributed by atoms with van der Waals surface area (Å²) in [6.45, 7) is 7.78. The van der Waals surface area contributed by atoms with Crippen molar-refractivity contribution in [1.82, 2.24) is 9.80 Å². The number of rotatable bonds is 2. The van der Waals surface area contributed by atoms with Crippen LogP contribution < -0.4 is 4.90 Å². The zero-order valence-corrected chi connectivity index (χ0v) is 13.9. The van der Waals surface area contributed by atoms with Crippen LogP contribution in [0.4, 0.5) is 5.69 Å². The van der Waals surface area contributed by atoms with Crippen LogP contribution in [-0.4, -0.2) is 61.0 Å². The molecule has 0 atom stereocenters. The van der Waals surface area contributed by atoms with Crippen LogP contribution in [-0.2, 0) is 4.79 Å². The fourth-order valence-corrected chi connectivity index (χ4v) is 3.75. The van der Waals surface area contributed by atoms with E-state index < -0.39 is 0 Å². The Morgan fingerprint density at radius 1 is 1.09 bits per heavy atom. The Labute approximate surface area is 137 Å². The van der Waals surface area contributed by atoms with Gasteiger partial charge in [-0.25, -0.2) is 0 Å². The molecule has 0 N–H and O–H groups in total. The molecule has 0 unspecified atom stereocenters. The Hall–Kier alpha value is -1.26. The van der Waals surface area contributed by atoms with Crippen LogP contribution in [0.5, 0.6) is 0 Å². The van der Waals surface area contributed by atoms with Crippen molar-refractivity contribution < 1.29 is 4.79 Å². The quantitative estimate of drug-likeness (QED) is 0.837. The molecule has 1 amide bonds. The van der Waals surface area contributed by atoms with E-state index in [1.54, 1.807) is 6.92 Å². The lowest BCUT2D eigenvalue weighted by molar-refractivity contribution is -0.130. The highest BCUT2D eigenvalue weighted by molar-refractivity contribution is 6.30. The van der Waals surface area contributed by atoms with Gasteiger partial charge in [-0.1, -0.05) is 17.7 Å². The van der Waals surface area contributed by atoms with Gasteiger partial charge in [-0.15, -0.1) is 0 Å². The van der Waals surface area contributed by atoms with Gasteiger partial charge in [0.2, 0.25) is 5.91 Å². The van der Waals surface area contributed by atoms with E-state index in [-0.39, 0.29) is 5.91 Å². The molecule has 0 spiro atoms. The summed E-state index contributed by atoms with van der Waals surface area (Å²) >= 11 is 6.08. The summed E-state index contributed by atoms with van der Waals surface area (Å²) < 4.78 is 0. The number of piperidine rings is 1. The second-order valence-corrected chi connectivity index (χ2v) is 6.68. The highest BCUT2D eigenvalue weighted by atomic mass is 35.5. The van der Waals surface area contributed by atoms with E-state index in [0.29, 0.717) is 6.04 Å². The number of halogens is 1. The molecule has 4 nitrogen and oxygen atoms in total. The first-order chi connectivity index (χ1) is 10.6. The minimum Gasteiger partial charge on any atom is -0.369 e. The lowest BCUT2D eigenvalue weighted by Gasteiger charge is -2.43. The monoisotopic (exact) mass is 321 g/mol. The summed E-state index contributed by atoms with van der Waals surface area (Å²) in [6.07, 6.45) is 2.22. The zero-order valence-electron chi connectivity index (χ0n) is 13.2. The van der Waals surface area contributed by atoms with Gasteiger partial charge in [-0.3, -0.25) is 9.69 Å². The van der Waals surface area contributed by atoms with Crippen LogP contribution in [0.2, 0.25) is 5.02 Å². The first-order valence-electron chi connectivity index (χ1n) is 8.13. The van der Waals surface area contributed by atoms with E-state index in [9.17, 15) is 4.79 Å². The molecule has 0 saturated carbocycles. The zero-order chi connectivity index (χ0) is 15.5. The fourth-order valence-electron chi connectivity index (χ4n) is 3.56. The topological polar surface area (TPSA) is 26.8 Å². The van der Waals surface area contributed by atoms with E-state index >= 15 is 0 Å². The van der Waals surface area contributed by atoms with Crippen molar-refractivity contribution in [1.29, 1.82) is 0 Å². The molecule has 3 rings (SSSR count). The second kappa shape index (κ2) is 6.88. The van der Waals surface area contributed by atoms with Crippen LogP contribution in [0, 0.1) is 0 Å². The number of amides is 1. The number of piperazine rings is 1. The molecule has 0 bridgehead atoms. The van der Waals surface area contributed by atoms with Crippen molar-refractivity contribution in [3.8, 4) is 0 Å². The van der Waals surface area contributed by atoms with Gasteiger partial charge in [0.15, 0.2) is 0 Å². The van der Waals surface area contributed by atoms with Crippen LogP contribution in [0.25, 0.3) is 0 Å². The predicted molar refractivity (Wildman–Crippen MR) is 90.5 cm³/mol. The number of likely N-dealkylation sites (tertiary alicyclic amines) is 1. The molecule has 5 heteroatoms. The Balaban J connectivity index is 1.51. The highest BCUT2D eigenvalue weighted by Gasteiger charge is 2.28. The molecular weight excluding hydrogens is 298 g/mol. The van der Waals surface area contributed by atoms with E-state index in [4.69, 9.17) is 11.6 Å². The fraction of sp³-hybridized carbons (Fsp3) is 0.588. The number of carbonyl (C=O) groups is 1. The summed E-state index contributed by atoms with van der Waals surface area (Å²) in [5.74, 6) is 0.212. The molecule has 2 fully saturated rings. The second-order valence-electron chi connectivity index (χ2n) is 6.24. The molecule has 2 aliphatic heterocycles. The van der Waals surface area contributed by atoms with Crippen molar-refractivity contribution in [3.63, 3.8) is 0 Å². The maximum absolute atomic E-state index is 11.4. The maximum Gasteiger partial charge on any atom is 0.219 e. The third kappa shape index (κ3) is 3.55. The molecular formula is C17H24ClN3O. The highest BCUT2D eigenvalue weighted by Crippen LogP contribution is 2.23. The number of carbonyl (C=O) groups excluding carboxylic acids is 1. The lowest BCUT2D eigenvalue weighted by atomic mass is 10.0. The number of benzene rings is 1.